The molecule has 1 atom stereocenters. The van der Waals surface area contributed by atoms with E-state index in [1.807, 2.05) is 11.8 Å². The Morgan fingerprint density at radius 3 is 2.94 bits per heavy atom. The Bertz CT molecular complexity index is 422. The van der Waals surface area contributed by atoms with Crippen molar-refractivity contribution in [2.75, 3.05) is 11.4 Å². The lowest BCUT2D eigenvalue weighted by Crippen LogP contribution is -2.30. The molecule has 0 bridgehead atoms. The second-order valence-corrected chi connectivity index (χ2v) is 5.74. The summed E-state index contributed by atoms with van der Waals surface area (Å²) in [4.78, 5) is 14.3. The summed E-state index contributed by atoms with van der Waals surface area (Å²) in [6.45, 7) is 3.03. The Hall–Kier alpha value is -1.16. The van der Waals surface area contributed by atoms with Gasteiger partial charge in [0.25, 0.3) is 0 Å². The number of carboxylic acid groups (broad SMARTS) is 1. The van der Waals surface area contributed by atoms with E-state index in [0.717, 1.165) is 19.4 Å². The Kier molecular flexibility index (Phi) is 4.53. The highest BCUT2D eigenvalue weighted by atomic mass is 32.2. The molecule has 0 saturated carbocycles. The number of thioether (sulfide) groups is 1. The fourth-order valence-corrected chi connectivity index (χ4v) is 3.74. The Labute approximate surface area is 112 Å². The number of carbonyl (C=O) groups is 1. The van der Waals surface area contributed by atoms with Crippen molar-refractivity contribution in [2.24, 2.45) is 0 Å². The zero-order valence-electron chi connectivity index (χ0n) is 10.6. The van der Waals surface area contributed by atoms with Gasteiger partial charge in [0.05, 0.1) is 11.1 Å². The molecule has 0 saturated heterocycles. The zero-order chi connectivity index (χ0) is 13.0. The first kappa shape index (κ1) is 13.3. The summed E-state index contributed by atoms with van der Waals surface area (Å²) in [6, 6.07) is 8.41. The van der Waals surface area contributed by atoms with Crippen molar-refractivity contribution in [3.8, 4) is 0 Å². The molecule has 1 unspecified atom stereocenters. The fourth-order valence-electron chi connectivity index (χ4n) is 2.29. The van der Waals surface area contributed by atoms with Gasteiger partial charge < -0.3 is 10.0 Å². The molecule has 1 aliphatic heterocycles. The largest absolute Gasteiger partial charge is 0.481 e. The molecule has 0 spiro atoms. The third-order valence-corrected chi connectivity index (χ3v) is 4.47. The predicted molar refractivity (Wildman–Crippen MR) is 75.2 cm³/mol. The summed E-state index contributed by atoms with van der Waals surface area (Å²) in [6.07, 6.45) is 3.26. The van der Waals surface area contributed by atoms with Crippen molar-refractivity contribution in [3.63, 3.8) is 0 Å². The van der Waals surface area contributed by atoms with E-state index in [1.165, 1.54) is 10.6 Å². The summed E-state index contributed by atoms with van der Waals surface area (Å²) < 4.78 is 0. The smallest absolute Gasteiger partial charge is 0.303 e. The van der Waals surface area contributed by atoms with E-state index in [-0.39, 0.29) is 6.42 Å². The first-order valence-corrected chi connectivity index (χ1v) is 7.34. The second kappa shape index (κ2) is 6.14. The summed E-state index contributed by atoms with van der Waals surface area (Å²) in [7, 11) is 0. The van der Waals surface area contributed by atoms with Crippen LogP contribution in [0.2, 0.25) is 0 Å². The third-order valence-electron chi connectivity index (χ3n) is 3.11. The van der Waals surface area contributed by atoms with Crippen LogP contribution in [0.5, 0.6) is 0 Å². The molecule has 1 heterocycles. The van der Waals surface area contributed by atoms with Crippen LogP contribution in [0.1, 0.15) is 32.6 Å². The number of benzene rings is 1. The van der Waals surface area contributed by atoms with E-state index in [0.29, 0.717) is 11.8 Å². The fraction of sp³-hybridized carbons (Fsp3) is 0.500. The first-order chi connectivity index (χ1) is 8.72. The van der Waals surface area contributed by atoms with Gasteiger partial charge in [-0.3, -0.25) is 4.79 Å². The minimum absolute atomic E-state index is 0.252. The highest BCUT2D eigenvalue weighted by molar-refractivity contribution is 8.00. The van der Waals surface area contributed by atoms with Crippen LogP contribution in [0.25, 0.3) is 0 Å². The van der Waals surface area contributed by atoms with Crippen molar-refractivity contribution < 1.29 is 9.90 Å². The van der Waals surface area contributed by atoms with E-state index in [4.69, 9.17) is 5.11 Å². The van der Waals surface area contributed by atoms with Crippen molar-refractivity contribution in [1.82, 2.24) is 0 Å². The van der Waals surface area contributed by atoms with Gasteiger partial charge in [0.2, 0.25) is 0 Å². The molecule has 1 aromatic rings. The average molecular weight is 265 g/mol. The van der Waals surface area contributed by atoms with Gasteiger partial charge in [0.15, 0.2) is 0 Å². The van der Waals surface area contributed by atoms with Crippen LogP contribution in [-0.4, -0.2) is 23.0 Å². The van der Waals surface area contributed by atoms with Crippen LogP contribution in [0.3, 0.4) is 0 Å². The lowest BCUT2D eigenvalue weighted by molar-refractivity contribution is -0.137. The SMILES string of the molecule is CCCC1Sc2ccccc2N1CCCC(=O)O. The van der Waals surface area contributed by atoms with E-state index in [2.05, 4.69) is 36.1 Å². The number of hydrogen-bond donors (Lipinski definition) is 1. The zero-order valence-corrected chi connectivity index (χ0v) is 11.4. The third kappa shape index (κ3) is 2.99. The van der Waals surface area contributed by atoms with Crippen LogP contribution in [0, 0.1) is 0 Å². The highest BCUT2D eigenvalue weighted by Crippen LogP contribution is 2.44. The minimum atomic E-state index is -0.706. The number of rotatable bonds is 6. The van der Waals surface area contributed by atoms with Crippen LogP contribution >= 0.6 is 11.8 Å². The van der Waals surface area contributed by atoms with Crippen molar-refractivity contribution in [3.05, 3.63) is 24.3 Å². The van der Waals surface area contributed by atoms with Crippen LogP contribution in [-0.2, 0) is 4.79 Å². The summed E-state index contributed by atoms with van der Waals surface area (Å²) in [5, 5.41) is 9.20. The molecular formula is C14H19NO2S. The number of aliphatic carboxylic acids is 1. The maximum Gasteiger partial charge on any atom is 0.303 e. The topological polar surface area (TPSA) is 40.5 Å². The molecule has 18 heavy (non-hydrogen) atoms. The predicted octanol–water partition coefficient (Wildman–Crippen LogP) is 3.59. The minimum Gasteiger partial charge on any atom is -0.481 e. The van der Waals surface area contributed by atoms with E-state index in [1.54, 1.807) is 0 Å². The molecular weight excluding hydrogens is 246 g/mol. The maximum absolute atomic E-state index is 10.6. The summed E-state index contributed by atoms with van der Waals surface area (Å²) in [5.41, 5.74) is 1.27. The molecule has 4 heteroatoms. The molecule has 1 aliphatic rings. The monoisotopic (exact) mass is 265 g/mol. The molecule has 1 aromatic carbocycles. The normalized spacial score (nSPS) is 17.8. The van der Waals surface area contributed by atoms with Gasteiger partial charge in [-0.2, -0.15) is 0 Å². The Balaban J connectivity index is 2.05. The van der Waals surface area contributed by atoms with Crippen molar-refractivity contribution >= 4 is 23.4 Å². The second-order valence-electron chi connectivity index (χ2n) is 4.52. The summed E-state index contributed by atoms with van der Waals surface area (Å²) >= 11 is 1.91. The van der Waals surface area contributed by atoms with Gasteiger partial charge in [0, 0.05) is 17.9 Å². The highest BCUT2D eigenvalue weighted by Gasteiger charge is 2.28. The van der Waals surface area contributed by atoms with Gasteiger partial charge in [-0.15, -0.1) is 0 Å². The lowest BCUT2D eigenvalue weighted by atomic mass is 10.2. The Morgan fingerprint density at radius 1 is 1.44 bits per heavy atom. The quantitative estimate of drug-likeness (QED) is 0.853. The number of fused-ring (bicyclic) bond motifs is 1. The summed E-state index contributed by atoms with van der Waals surface area (Å²) in [5.74, 6) is -0.706. The Morgan fingerprint density at radius 2 is 2.22 bits per heavy atom. The van der Waals surface area contributed by atoms with Crippen molar-refractivity contribution in [2.45, 2.75) is 42.9 Å². The lowest BCUT2D eigenvalue weighted by Gasteiger charge is -2.26. The number of anilines is 1. The molecule has 0 aromatic heterocycles. The van der Waals surface area contributed by atoms with Crippen LogP contribution in [0.15, 0.2) is 29.2 Å². The maximum atomic E-state index is 10.6. The van der Waals surface area contributed by atoms with E-state index in [9.17, 15) is 4.79 Å². The van der Waals surface area contributed by atoms with Crippen LogP contribution in [0.4, 0.5) is 5.69 Å². The van der Waals surface area contributed by atoms with Gasteiger partial charge in [-0.05, 0) is 25.0 Å². The average Bonchev–Trinajstić information content (AvgIpc) is 2.68. The molecule has 1 N–H and O–H groups in total. The van der Waals surface area contributed by atoms with Crippen LogP contribution < -0.4 is 4.90 Å². The molecule has 98 valence electrons. The number of carboxylic acids is 1. The molecule has 0 fully saturated rings. The molecule has 0 aliphatic carbocycles. The first-order valence-electron chi connectivity index (χ1n) is 6.46. The van der Waals surface area contributed by atoms with Gasteiger partial charge in [-0.25, -0.2) is 0 Å². The number of nitrogens with zero attached hydrogens (tertiary/aromatic N) is 1. The standard InChI is InChI=1S/C14H19NO2S/c1-2-6-13-15(10-5-9-14(16)17)11-7-3-4-8-12(11)18-13/h3-4,7-8,13H,2,5-6,9-10H2,1H3,(H,16,17). The molecule has 2 rings (SSSR count). The van der Waals surface area contributed by atoms with E-state index >= 15 is 0 Å². The van der Waals surface area contributed by atoms with Gasteiger partial charge in [-0.1, -0.05) is 37.2 Å². The van der Waals surface area contributed by atoms with E-state index < -0.39 is 5.97 Å². The molecule has 0 amide bonds. The van der Waals surface area contributed by atoms with Crippen molar-refractivity contribution in [1.29, 1.82) is 0 Å². The van der Waals surface area contributed by atoms with Gasteiger partial charge >= 0.3 is 5.97 Å². The molecule has 3 nitrogen and oxygen atoms in total. The van der Waals surface area contributed by atoms with Gasteiger partial charge in [0.1, 0.15) is 0 Å². The molecule has 0 radical (unpaired) electrons. The number of hydrogen-bond acceptors (Lipinski definition) is 3. The number of para-hydroxylation sites is 1.